The topological polar surface area (TPSA) is 69.6 Å². The van der Waals surface area contributed by atoms with Crippen molar-refractivity contribution in [3.8, 4) is 0 Å². The lowest BCUT2D eigenvalue weighted by molar-refractivity contribution is -0.143. The monoisotopic (exact) mass is 330 g/mol. The number of aliphatic carboxylic acids is 1. The van der Waals surface area contributed by atoms with E-state index in [1.54, 1.807) is 0 Å². The lowest BCUT2D eigenvalue weighted by Gasteiger charge is -2.32. The highest BCUT2D eigenvalue weighted by Gasteiger charge is 2.45. The fraction of sp³-hybridized carbons (Fsp3) is 0.579. The van der Waals surface area contributed by atoms with Crippen molar-refractivity contribution in [2.24, 2.45) is 5.92 Å². The van der Waals surface area contributed by atoms with Crippen LogP contribution in [0.25, 0.3) is 0 Å². The van der Waals surface area contributed by atoms with Gasteiger partial charge in [0.05, 0.1) is 6.54 Å². The molecule has 1 aromatic carbocycles. The van der Waals surface area contributed by atoms with Gasteiger partial charge in [-0.15, -0.1) is 0 Å². The molecule has 3 unspecified atom stereocenters. The molecule has 1 amide bonds. The van der Waals surface area contributed by atoms with Crippen LogP contribution in [-0.4, -0.2) is 40.5 Å². The molecule has 130 valence electrons. The Hall–Kier alpha value is -1.88. The molecule has 0 radical (unpaired) electrons. The van der Waals surface area contributed by atoms with Crippen molar-refractivity contribution in [1.29, 1.82) is 0 Å². The van der Waals surface area contributed by atoms with Gasteiger partial charge >= 0.3 is 5.97 Å². The summed E-state index contributed by atoms with van der Waals surface area (Å²) in [6.07, 6.45) is 6.00. The Morgan fingerprint density at radius 3 is 2.83 bits per heavy atom. The Morgan fingerprint density at radius 1 is 1.29 bits per heavy atom. The average molecular weight is 330 g/mol. The number of hydrogen-bond acceptors (Lipinski definition) is 3. The van der Waals surface area contributed by atoms with Gasteiger partial charge in [-0.3, -0.25) is 14.5 Å². The van der Waals surface area contributed by atoms with E-state index in [1.165, 1.54) is 12.0 Å². The van der Waals surface area contributed by atoms with Crippen LogP contribution in [0.2, 0.25) is 0 Å². The molecule has 0 aromatic heterocycles. The smallest absolute Gasteiger partial charge is 0.320 e. The predicted octanol–water partition coefficient (Wildman–Crippen LogP) is 2.91. The number of nitrogens with zero attached hydrogens (tertiary/aromatic N) is 1. The molecule has 0 spiro atoms. The van der Waals surface area contributed by atoms with E-state index in [9.17, 15) is 14.7 Å². The third-order valence-corrected chi connectivity index (χ3v) is 5.45. The van der Waals surface area contributed by atoms with E-state index in [0.717, 1.165) is 31.4 Å². The second-order valence-corrected chi connectivity index (χ2v) is 6.98. The maximum absolute atomic E-state index is 12.5. The molecule has 1 aliphatic carbocycles. The van der Waals surface area contributed by atoms with Gasteiger partial charge in [0.15, 0.2) is 0 Å². The summed E-state index contributed by atoms with van der Waals surface area (Å²) in [5.74, 6) is -0.498. The largest absolute Gasteiger partial charge is 0.480 e. The van der Waals surface area contributed by atoms with E-state index in [4.69, 9.17) is 0 Å². The third-order valence-electron chi connectivity index (χ3n) is 5.45. The lowest BCUT2D eigenvalue weighted by Crippen LogP contribution is -2.46. The van der Waals surface area contributed by atoms with Crippen molar-refractivity contribution in [2.75, 3.05) is 11.9 Å². The van der Waals surface area contributed by atoms with Crippen molar-refractivity contribution < 1.29 is 14.7 Å². The van der Waals surface area contributed by atoms with E-state index in [-0.39, 0.29) is 18.5 Å². The molecule has 3 rings (SSSR count). The Morgan fingerprint density at radius 2 is 2.08 bits per heavy atom. The quantitative estimate of drug-likeness (QED) is 0.871. The molecular formula is C19H26N2O3. The maximum Gasteiger partial charge on any atom is 0.320 e. The van der Waals surface area contributed by atoms with Crippen LogP contribution in [0.15, 0.2) is 24.3 Å². The van der Waals surface area contributed by atoms with Gasteiger partial charge in [0, 0.05) is 11.7 Å². The minimum Gasteiger partial charge on any atom is -0.480 e. The molecule has 3 atom stereocenters. The van der Waals surface area contributed by atoms with Crippen LogP contribution >= 0.6 is 0 Å². The molecule has 1 aliphatic heterocycles. The van der Waals surface area contributed by atoms with Crippen LogP contribution in [0.5, 0.6) is 0 Å². The van der Waals surface area contributed by atoms with Gasteiger partial charge in [-0.05, 0) is 49.3 Å². The molecule has 5 nitrogen and oxygen atoms in total. The Balaban J connectivity index is 1.68. The number of amides is 1. The van der Waals surface area contributed by atoms with Crippen molar-refractivity contribution in [3.05, 3.63) is 29.8 Å². The standard InChI is InChI=1S/C19H26N2O3/c1-2-13-6-5-8-15(10-13)20-18(22)12-21-16-9-4-3-7-14(16)11-17(21)19(23)24/h5-6,8,10,14,16-17H,2-4,7,9,11-12H2,1H3,(H,20,22)(H,23,24). The van der Waals surface area contributed by atoms with E-state index in [2.05, 4.69) is 12.2 Å². The lowest BCUT2D eigenvalue weighted by atomic mass is 9.85. The first-order chi connectivity index (χ1) is 11.6. The highest BCUT2D eigenvalue weighted by atomic mass is 16.4. The zero-order valence-electron chi connectivity index (χ0n) is 14.2. The number of nitrogens with one attached hydrogen (secondary N) is 1. The molecule has 2 fully saturated rings. The molecule has 1 saturated heterocycles. The van der Waals surface area contributed by atoms with Crippen molar-refractivity contribution >= 4 is 17.6 Å². The number of rotatable bonds is 5. The third kappa shape index (κ3) is 3.61. The summed E-state index contributed by atoms with van der Waals surface area (Å²) >= 11 is 0. The van der Waals surface area contributed by atoms with Crippen molar-refractivity contribution in [3.63, 3.8) is 0 Å². The van der Waals surface area contributed by atoms with Gasteiger partial charge in [-0.1, -0.05) is 31.9 Å². The van der Waals surface area contributed by atoms with Gasteiger partial charge in [-0.2, -0.15) is 0 Å². The Labute approximate surface area is 143 Å². The molecule has 24 heavy (non-hydrogen) atoms. The minimum atomic E-state index is -0.801. The number of aryl methyl sites for hydroxylation is 1. The molecule has 0 bridgehead atoms. The average Bonchev–Trinajstić information content (AvgIpc) is 2.94. The number of hydrogen-bond donors (Lipinski definition) is 2. The highest BCUT2D eigenvalue weighted by Crippen LogP contribution is 2.39. The van der Waals surface area contributed by atoms with E-state index < -0.39 is 12.0 Å². The van der Waals surface area contributed by atoms with Crippen LogP contribution in [0.4, 0.5) is 5.69 Å². The number of benzene rings is 1. The van der Waals surface area contributed by atoms with Crippen LogP contribution in [0, 0.1) is 5.92 Å². The van der Waals surface area contributed by atoms with Crippen LogP contribution in [0.3, 0.4) is 0 Å². The predicted molar refractivity (Wildman–Crippen MR) is 92.9 cm³/mol. The number of carboxylic acid groups (broad SMARTS) is 1. The summed E-state index contributed by atoms with van der Waals surface area (Å²) in [5.41, 5.74) is 1.95. The van der Waals surface area contributed by atoms with Gasteiger partial charge < -0.3 is 10.4 Å². The van der Waals surface area contributed by atoms with Gasteiger partial charge in [0.25, 0.3) is 0 Å². The van der Waals surface area contributed by atoms with Crippen LogP contribution in [0.1, 0.15) is 44.6 Å². The van der Waals surface area contributed by atoms with E-state index >= 15 is 0 Å². The maximum atomic E-state index is 12.5. The fourth-order valence-corrected chi connectivity index (χ4v) is 4.26. The number of fused-ring (bicyclic) bond motifs is 1. The number of carbonyl (C=O) groups is 2. The number of likely N-dealkylation sites (tertiary alicyclic amines) is 1. The highest BCUT2D eigenvalue weighted by molar-refractivity contribution is 5.92. The Bertz CT molecular complexity index is 616. The zero-order chi connectivity index (χ0) is 17.1. The Kier molecular flexibility index (Phi) is 5.19. The first kappa shape index (κ1) is 17.0. The summed E-state index contributed by atoms with van der Waals surface area (Å²) in [6.45, 7) is 2.24. The molecule has 5 heteroatoms. The fourth-order valence-electron chi connectivity index (χ4n) is 4.26. The van der Waals surface area contributed by atoms with Gasteiger partial charge in [0.1, 0.15) is 6.04 Å². The molecule has 1 heterocycles. The first-order valence-electron chi connectivity index (χ1n) is 8.96. The summed E-state index contributed by atoms with van der Waals surface area (Å²) in [6, 6.07) is 7.53. The second kappa shape index (κ2) is 7.34. The van der Waals surface area contributed by atoms with E-state index in [0.29, 0.717) is 12.3 Å². The summed E-state index contributed by atoms with van der Waals surface area (Å²) in [7, 11) is 0. The van der Waals surface area contributed by atoms with Crippen molar-refractivity contribution in [2.45, 2.75) is 57.5 Å². The molecular weight excluding hydrogens is 304 g/mol. The molecule has 2 N–H and O–H groups in total. The summed E-state index contributed by atoms with van der Waals surface area (Å²) in [5, 5.41) is 12.5. The zero-order valence-corrected chi connectivity index (χ0v) is 14.2. The molecule has 2 aliphatic rings. The second-order valence-electron chi connectivity index (χ2n) is 6.98. The SMILES string of the molecule is CCc1cccc(NC(=O)CN2C(C(=O)O)CC3CCCCC32)c1. The first-order valence-corrected chi connectivity index (χ1v) is 8.96. The molecule has 1 saturated carbocycles. The molecule has 1 aromatic rings. The minimum absolute atomic E-state index is 0.124. The van der Waals surface area contributed by atoms with Crippen molar-refractivity contribution in [1.82, 2.24) is 4.90 Å². The van der Waals surface area contributed by atoms with E-state index in [1.807, 2.05) is 29.2 Å². The van der Waals surface area contributed by atoms with Gasteiger partial charge in [0.2, 0.25) is 5.91 Å². The normalized spacial score (nSPS) is 26.8. The van der Waals surface area contributed by atoms with Gasteiger partial charge in [-0.25, -0.2) is 0 Å². The summed E-state index contributed by atoms with van der Waals surface area (Å²) in [4.78, 5) is 26.0. The number of carboxylic acids is 1. The number of carbonyl (C=O) groups excluding carboxylic acids is 1. The summed E-state index contributed by atoms with van der Waals surface area (Å²) < 4.78 is 0. The van der Waals surface area contributed by atoms with Crippen LogP contribution in [-0.2, 0) is 16.0 Å². The number of anilines is 1. The van der Waals surface area contributed by atoms with Crippen LogP contribution < -0.4 is 5.32 Å².